The lowest BCUT2D eigenvalue weighted by Gasteiger charge is -2.52. The van der Waals surface area contributed by atoms with Gasteiger partial charge in [0.2, 0.25) is 0 Å². The normalized spacial score (nSPS) is 29.3. The van der Waals surface area contributed by atoms with Gasteiger partial charge < -0.3 is 19.5 Å². The highest BCUT2D eigenvalue weighted by Crippen LogP contribution is 2.47. The Labute approximate surface area is 135 Å². The number of nitrogens with zero attached hydrogens (tertiary/aromatic N) is 1. The molecule has 7 nitrogen and oxygen atoms in total. The third-order valence-electron chi connectivity index (χ3n) is 4.75. The van der Waals surface area contributed by atoms with Crippen LogP contribution in [-0.2, 0) is 9.47 Å². The molecule has 2 aliphatic rings. The van der Waals surface area contributed by atoms with Gasteiger partial charge in [-0.05, 0) is 32.3 Å². The number of nitrogens with one attached hydrogen (secondary N) is 1. The van der Waals surface area contributed by atoms with Crippen LogP contribution in [0.3, 0.4) is 0 Å². The Kier molecular flexibility index (Phi) is 4.41. The minimum Gasteiger partial charge on any atom is -0.490 e. The summed E-state index contributed by atoms with van der Waals surface area (Å²) in [5.74, 6) is 0.252. The van der Waals surface area contributed by atoms with E-state index in [0.29, 0.717) is 6.61 Å². The second-order valence-electron chi connectivity index (χ2n) is 5.93. The van der Waals surface area contributed by atoms with Gasteiger partial charge in [0.1, 0.15) is 5.60 Å². The van der Waals surface area contributed by atoms with Crippen molar-refractivity contribution >= 4 is 11.4 Å². The molecule has 1 spiro atoms. The number of methoxy groups -OCH3 is 1. The summed E-state index contributed by atoms with van der Waals surface area (Å²) in [5, 5.41) is 14.4. The standard InChI is InChI=1S/C16H22N2O5/c1-3-22-15-10-14(16(15)7-4-8-23-16)17-11-5-6-12(18(19)20)13(9-11)21-2/h5-6,9,14-15,17H,3-4,7-8,10H2,1-2H3/t14-,15-,16+/m1/s1. The summed E-state index contributed by atoms with van der Waals surface area (Å²) in [6.45, 7) is 3.42. The van der Waals surface area contributed by atoms with Crippen LogP contribution in [-0.4, -0.2) is 43.0 Å². The lowest BCUT2D eigenvalue weighted by Crippen LogP contribution is -2.66. The fraction of sp³-hybridized carbons (Fsp3) is 0.625. The lowest BCUT2D eigenvalue weighted by molar-refractivity contribution is -0.385. The molecular formula is C16H22N2O5. The van der Waals surface area contributed by atoms with Gasteiger partial charge in [0.15, 0.2) is 5.75 Å². The van der Waals surface area contributed by atoms with Crippen molar-refractivity contribution in [2.24, 2.45) is 0 Å². The summed E-state index contributed by atoms with van der Waals surface area (Å²) in [7, 11) is 1.43. The largest absolute Gasteiger partial charge is 0.490 e. The first kappa shape index (κ1) is 16.0. The molecule has 1 aliphatic carbocycles. The first-order valence-electron chi connectivity index (χ1n) is 7.95. The summed E-state index contributed by atoms with van der Waals surface area (Å²) in [4.78, 5) is 10.5. The van der Waals surface area contributed by atoms with Gasteiger partial charge in [-0.15, -0.1) is 0 Å². The fourth-order valence-electron chi connectivity index (χ4n) is 3.60. The Morgan fingerprint density at radius 1 is 1.52 bits per heavy atom. The van der Waals surface area contributed by atoms with E-state index >= 15 is 0 Å². The highest BCUT2D eigenvalue weighted by atomic mass is 16.6. The Balaban J connectivity index is 1.76. The Hall–Kier alpha value is -1.86. The first-order chi connectivity index (χ1) is 11.1. The molecule has 0 aromatic heterocycles. The van der Waals surface area contributed by atoms with Crippen molar-refractivity contribution in [2.45, 2.75) is 43.9 Å². The van der Waals surface area contributed by atoms with Crippen LogP contribution >= 0.6 is 0 Å². The monoisotopic (exact) mass is 322 g/mol. The van der Waals surface area contributed by atoms with E-state index in [1.807, 2.05) is 6.92 Å². The summed E-state index contributed by atoms with van der Waals surface area (Å²) in [6.07, 6.45) is 2.99. The number of nitro benzene ring substituents is 1. The highest BCUT2D eigenvalue weighted by Gasteiger charge is 2.58. The molecule has 126 valence electrons. The Bertz CT molecular complexity index is 586. The smallest absolute Gasteiger partial charge is 0.311 e. The molecule has 1 saturated carbocycles. The van der Waals surface area contributed by atoms with Gasteiger partial charge in [-0.1, -0.05) is 0 Å². The Morgan fingerprint density at radius 2 is 2.35 bits per heavy atom. The van der Waals surface area contributed by atoms with E-state index in [9.17, 15) is 10.1 Å². The zero-order valence-electron chi connectivity index (χ0n) is 13.4. The third kappa shape index (κ3) is 2.74. The van der Waals surface area contributed by atoms with E-state index in [-0.39, 0.29) is 29.2 Å². The van der Waals surface area contributed by atoms with Crippen molar-refractivity contribution in [2.75, 3.05) is 25.6 Å². The summed E-state index contributed by atoms with van der Waals surface area (Å²) in [6, 6.07) is 4.97. The molecule has 1 heterocycles. The average molecular weight is 322 g/mol. The van der Waals surface area contributed by atoms with Crippen LogP contribution in [0.2, 0.25) is 0 Å². The van der Waals surface area contributed by atoms with Crippen molar-refractivity contribution in [3.63, 3.8) is 0 Å². The number of benzene rings is 1. The second kappa shape index (κ2) is 6.33. The third-order valence-corrected chi connectivity index (χ3v) is 4.75. The molecule has 23 heavy (non-hydrogen) atoms. The van der Waals surface area contributed by atoms with Gasteiger partial charge in [-0.2, -0.15) is 0 Å². The molecule has 0 amide bonds. The van der Waals surface area contributed by atoms with Gasteiger partial charge in [0.05, 0.1) is 24.2 Å². The second-order valence-corrected chi connectivity index (χ2v) is 5.93. The summed E-state index contributed by atoms with van der Waals surface area (Å²) in [5.41, 5.74) is 0.485. The van der Waals surface area contributed by atoms with Gasteiger partial charge in [-0.3, -0.25) is 10.1 Å². The predicted molar refractivity (Wildman–Crippen MR) is 85.0 cm³/mol. The number of nitro groups is 1. The van der Waals surface area contributed by atoms with E-state index in [0.717, 1.165) is 31.6 Å². The zero-order chi connectivity index (χ0) is 16.4. The van der Waals surface area contributed by atoms with Crippen molar-refractivity contribution < 1.29 is 19.1 Å². The van der Waals surface area contributed by atoms with E-state index < -0.39 is 4.92 Å². The lowest BCUT2D eigenvalue weighted by atomic mass is 9.70. The maximum atomic E-state index is 11.0. The summed E-state index contributed by atoms with van der Waals surface area (Å²) < 4.78 is 16.9. The number of ether oxygens (including phenoxy) is 3. The van der Waals surface area contributed by atoms with Crippen LogP contribution < -0.4 is 10.1 Å². The molecule has 0 unspecified atom stereocenters. The minimum absolute atomic E-state index is 0.0364. The molecular weight excluding hydrogens is 300 g/mol. The maximum absolute atomic E-state index is 11.0. The summed E-state index contributed by atoms with van der Waals surface area (Å²) >= 11 is 0. The minimum atomic E-state index is -0.446. The van der Waals surface area contributed by atoms with E-state index in [2.05, 4.69) is 5.32 Å². The van der Waals surface area contributed by atoms with Gasteiger partial charge in [-0.25, -0.2) is 0 Å². The number of hydrogen-bond donors (Lipinski definition) is 1. The molecule has 0 radical (unpaired) electrons. The van der Waals surface area contributed by atoms with Crippen LogP contribution in [0.5, 0.6) is 5.75 Å². The van der Waals surface area contributed by atoms with Gasteiger partial charge >= 0.3 is 5.69 Å². The van der Waals surface area contributed by atoms with Gasteiger partial charge in [0.25, 0.3) is 0 Å². The molecule has 3 atom stereocenters. The quantitative estimate of drug-likeness (QED) is 0.640. The van der Waals surface area contributed by atoms with E-state index in [4.69, 9.17) is 14.2 Å². The number of rotatable bonds is 6. The molecule has 7 heteroatoms. The fourth-order valence-corrected chi connectivity index (χ4v) is 3.60. The molecule has 1 aliphatic heterocycles. The van der Waals surface area contributed by atoms with Crippen molar-refractivity contribution in [3.8, 4) is 5.75 Å². The molecule has 0 bridgehead atoms. The Morgan fingerprint density at radius 3 is 2.96 bits per heavy atom. The SMILES string of the molecule is CCO[C@@H]1C[C@@H](Nc2ccc([N+](=O)[O-])c(OC)c2)[C@@]12CCCO2. The van der Waals surface area contributed by atoms with Crippen molar-refractivity contribution in [1.82, 2.24) is 0 Å². The predicted octanol–water partition coefficient (Wildman–Crippen LogP) is 2.74. The number of anilines is 1. The molecule has 2 fully saturated rings. The highest BCUT2D eigenvalue weighted by molar-refractivity contribution is 5.59. The number of hydrogen-bond acceptors (Lipinski definition) is 6. The molecule has 1 saturated heterocycles. The van der Waals surface area contributed by atoms with E-state index in [1.165, 1.54) is 13.2 Å². The first-order valence-corrected chi connectivity index (χ1v) is 7.95. The van der Waals surface area contributed by atoms with Crippen LogP contribution in [0, 0.1) is 10.1 Å². The average Bonchev–Trinajstić information content (AvgIpc) is 3.06. The van der Waals surface area contributed by atoms with Crippen LogP contribution in [0.4, 0.5) is 11.4 Å². The van der Waals surface area contributed by atoms with E-state index in [1.54, 1.807) is 12.1 Å². The van der Waals surface area contributed by atoms with Crippen LogP contribution in [0.1, 0.15) is 26.2 Å². The maximum Gasteiger partial charge on any atom is 0.311 e. The van der Waals surface area contributed by atoms with Crippen LogP contribution in [0.15, 0.2) is 18.2 Å². The van der Waals surface area contributed by atoms with Crippen molar-refractivity contribution in [3.05, 3.63) is 28.3 Å². The topological polar surface area (TPSA) is 82.9 Å². The molecule has 1 N–H and O–H groups in total. The van der Waals surface area contributed by atoms with Gasteiger partial charge in [0, 0.05) is 31.0 Å². The zero-order valence-corrected chi connectivity index (χ0v) is 13.4. The van der Waals surface area contributed by atoms with Crippen LogP contribution in [0.25, 0.3) is 0 Å². The molecule has 1 aromatic carbocycles. The molecule has 1 aromatic rings. The van der Waals surface area contributed by atoms with Crippen molar-refractivity contribution in [1.29, 1.82) is 0 Å². The molecule has 3 rings (SSSR count).